The average molecular weight is 221 g/mol. The van der Waals surface area contributed by atoms with E-state index in [0.29, 0.717) is 0 Å². The summed E-state index contributed by atoms with van der Waals surface area (Å²) in [5, 5.41) is 9.27. The average Bonchev–Trinajstić information content (AvgIpc) is 2.18. The Morgan fingerprint density at radius 3 is 2.43 bits per heavy atom. The van der Waals surface area contributed by atoms with Crippen LogP contribution in [0, 0.1) is 0 Å². The van der Waals surface area contributed by atoms with Crippen molar-refractivity contribution in [1.29, 1.82) is 0 Å². The fourth-order valence-corrected chi connectivity index (χ4v) is 4.23. The van der Waals surface area contributed by atoms with Crippen LogP contribution in [0.15, 0.2) is 0 Å². The molecule has 2 atom stereocenters. The van der Waals surface area contributed by atoms with Crippen molar-refractivity contribution >= 4 is 7.37 Å². The summed E-state index contributed by atoms with van der Waals surface area (Å²) in [6, 6.07) is 0. The Morgan fingerprint density at radius 2 is 1.93 bits per heavy atom. The number of rotatable bonds is 4. The minimum Gasteiger partial charge on any atom is -0.391 e. The van der Waals surface area contributed by atoms with Crippen LogP contribution in [0.2, 0.25) is 0 Å². The molecule has 0 aromatic carbocycles. The molecule has 0 saturated heterocycles. The molecule has 1 saturated carbocycles. The minimum absolute atomic E-state index is 0.0336. The standard InChI is InChI=1S/C9H20NO3P/c10-6-8(11)7-14(12,13)9-4-2-1-3-5-9/h8-9,11H,1-7,10H2,(H,12,13). The lowest BCUT2D eigenvalue weighted by Crippen LogP contribution is -2.27. The van der Waals surface area contributed by atoms with Crippen LogP contribution in [0.4, 0.5) is 0 Å². The Balaban J connectivity index is 2.49. The third-order valence-electron chi connectivity index (χ3n) is 2.89. The maximum Gasteiger partial charge on any atom is 0.206 e. The molecule has 0 aliphatic heterocycles. The monoisotopic (exact) mass is 221 g/mol. The molecule has 0 aromatic rings. The van der Waals surface area contributed by atoms with Crippen LogP contribution in [0.25, 0.3) is 0 Å². The third-order valence-corrected chi connectivity index (χ3v) is 5.49. The van der Waals surface area contributed by atoms with E-state index >= 15 is 0 Å². The normalized spacial score (nSPS) is 25.6. The number of hydrogen-bond acceptors (Lipinski definition) is 3. The number of nitrogens with two attached hydrogens (primary N) is 1. The van der Waals surface area contributed by atoms with Gasteiger partial charge >= 0.3 is 0 Å². The Labute approximate surface area is 85.0 Å². The number of aliphatic hydroxyl groups excluding tert-OH is 1. The van der Waals surface area contributed by atoms with E-state index < -0.39 is 13.5 Å². The largest absolute Gasteiger partial charge is 0.391 e. The molecular formula is C9H20NO3P. The second kappa shape index (κ2) is 5.26. The molecule has 0 aromatic heterocycles. The molecule has 1 aliphatic rings. The predicted octanol–water partition coefficient (Wildman–Crippen LogP) is 0.909. The lowest BCUT2D eigenvalue weighted by Gasteiger charge is -2.27. The van der Waals surface area contributed by atoms with Crippen molar-refractivity contribution in [3.63, 3.8) is 0 Å². The molecule has 0 radical (unpaired) electrons. The van der Waals surface area contributed by atoms with Crippen LogP contribution >= 0.6 is 7.37 Å². The van der Waals surface area contributed by atoms with Gasteiger partial charge < -0.3 is 15.7 Å². The van der Waals surface area contributed by atoms with Crippen LogP contribution < -0.4 is 5.73 Å². The van der Waals surface area contributed by atoms with Gasteiger partial charge in [-0.2, -0.15) is 0 Å². The third kappa shape index (κ3) is 3.35. The van der Waals surface area contributed by atoms with Crippen molar-refractivity contribution in [3.8, 4) is 0 Å². The molecule has 14 heavy (non-hydrogen) atoms. The van der Waals surface area contributed by atoms with Gasteiger partial charge in [-0.25, -0.2) is 0 Å². The molecule has 4 nitrogen and oxygen atoms in total. The molecular weight excluding hydrogens is 201 g/mol. The van der Waals surface area contributed by atoms with Gasteiger partial charge in [0.1, 0.15) is 0 Å². The van der Waals surface area contributed by atoms with Gasteiger partial charge in [0.25, 0.3) is 0 Å². The highest BCUT2D eigenvalue weighted by atomic mass is 31.2. The van der Waals surface area contributed by atoms with E-state index in [4.69, 9.17) is 5.73 Å². The summed E-state index contributed by atoms with van der Waals surface area (Å²) in [6.07, 6.45) is 4.02. The van der Waals surface area contributed by atoms with Crippen molar-refractivity contribution in [2.45, 2.75) is 43.9 Å². The molecule has 84 valence electrons. The Hall–Kier alpha value is 0.110. The van der Waals surface area contributed by atoms with E-state index in [0.717, 1.165) is 32.1 Å². The van der Waals surface area contributed by atoms with Crippen LogP contribution in [0.3, 0.4) is 0 Å². The van der Waals surface area contributed by atoms with Crippen molar-refractivity contribution < 1.29 is 14.6 Å². The SMILES string of the molecule is NCC(O)CP(=O)(O)C1CCCCC1. The van der Waals surface area contributed by atoms with Crippen LogP contribution in [0.1, 0.15) is 32.1 Å². The van der Waals surface area contributed by atoms with Gasteiger partial charge in [-0.15, -0.1) is 0 Å². The molecule has 5 heteroatoms. The number of aliphatic hydroxyl groups is 1. The summed E-state index contributed by atoms with van der Waals surface area (Å²) >= 11 is 0. The first-order valence-corrected chi connectivity index (χ1v) is 7.17. The van der Waals surface area contributed by atoms with Crippen LogP contribution in [0.5, 0.6) is 0 Å². The smallest absolute Gasteiger partial charge is 0.206 e. The van der Waals surface area contributed by atoms with E-state index in [1.54, 1.807) is 0 Å². The minimum atomic E-state index is -3.17. The van der Waals surface area contributed by atoms with Crippen molar-refractivity contribution in [3.05, 3.63) is 0 Å². The summed E-state index contributed by atoms with van der Waals surface area (Å²) in [4.78, 5) is 9.78. The Bertz CT molecular complexity index is 216. The van der Waals surface area contributed by atoms with Crippen molar-refractivity contribution in [2.75, 3.05) is 12.7 Å². The molecule has 4 N–H and O–H groups in total. The van der Waals surface area contributed by atoms with Gasteiger partial charge in [-0.1, -0.05) is 19.3 Å². The summed E-state index contributed by atoms with van der Waals surface area (Å²) in [6.45, 7) is 0.0667. The Kier molecular flexibility index (Phi) is 4.58. The predicted molar refractivity (Wildman–Crippen MR) is 56.6 cm³/mol. The van der Waals surface area contributed by atoms with E-state index in [1.807, 2.05) is 0 Å². The van der Waals surface area contributed by atoms with Crippen molar-refractivity contribution in [2.24, 2.45) is 5.73 Å². The molecule has 0 heterocycles. The summed E-state index contributed by atoms with van der Waals surface area (Å²) in [7, 11) is -3.17. The van der Waals surface area contributed by atoms with Gasteiger partial charge in [0, 0.05) is 12.2 Å². The van der Waals surface area contributed by atoms with Crippen LogP contribution in [-0.2, 0) is 4.57 Å². The maximum absolute atomic E-state index is 11.9. The second-order valence-electron chi connectivity index (χ2n) is 4.12. The fraction of sp³-hybridized carbons (Fsp3) is 1.00. The van der Waals surface area contributed by atoms with Gasteiger partial charge in [0.15, 0.2) is 0 Å². The first-order chi connectivity index (χ1) is 6.56. The fourth-order valence-electron chi connectivity index (χ4n) is 2.01. The molecule has 0 bridgehead atoms. The highest BCUT2D eigenvalue weighted by Gasteiger charge is 2.33. The zero-order valence-electron chi connectivity index (χ0n) is 8.43. The molecule has 0 amide bonds. The Morgan fingerprint density at radius 1 is 1.36 bits per heavy atom. The second-order valence-corrected chi connectivity index (χ2v) is 6.73. The molecule has 1 aliphatic carbocycles. The van der Waals surface area contributed by atoms with E-state index in [1.165, 1.54) is 0 Å². The molecule has 2 unspecified atom stereocenters. The first kappa shape index (κ1) is 12.2. The van der Waals surface area contributed by atoms with Gasteiger partial charge in [0.2, 0.25) is 7.37 Å². The van der Waals surface area contributed by atoms with Crippen LogP contribution in [-0.4, -0.2) is 34.5 Å². The van der Waals surface area contributed by atoms with Crippen molar-refractivity contribution in [1.82, 2.24) is 0 Å². The number of hydrogen-bond donors (Lipinski definition) is 3. The van der Waals surface area contributed by atoms with E-state index in [2.05, 4.69) is 0 Å². The topological polar surface area (TPSA) is 83.5 Å². The zero-order valence-corrected chi connectivity index (χ0v) is 9.33. The zero-order chi connectivity index (χ0) is 10.6. The summed E-state index contributed by atoms with van der Waals surface area (Å²) in [5.41, 5.74) is 5.13. The van der Waals surface area contributed by atoms with Gasteiger partial charge in [-0.05, 0) is 12.8 Å². The maximum atomic E-state index is 11.9. The summed E-state index contributed by atoms with van der Waals surface area (Å²) in [5.74, 6) is 0. The van der Waals surface area contributed by atoms with E-state index in [-0.39, 0.29) is 18.4 Å². The van der Waals surface area contributed by atoms with Gasteiger partial charge in [-0.3, -0.25) is 4.57 Å². The highest BCUT2D eigenvalue weighted by molar-refractivity contribution is 7.58. The summed E-state index contributed by atoms with van der Waals surface area (Å²) < 4.78 is 11.9. The van der Waals surface area contributed by atoms with E-state index in [9.17, 15) is 14.6 Å². The quantitative estimate of drug-likeness (QED) is 0.616. The van der Waals surface area contributed by atoms with Gasteiger partial charge in [0.05, 0.1) is 12.3 Å². The highest BCUT2D eigenvalue weighted by Crippen LogP contribution is 2.52. The lowest BCUT2D eigenvalue weighted by atomic mass is 10.0. The lowest BCUT2D eigenvalue weighted by molar-refractivity contribution is 0.201. The molecule has 1 fully saturated rings. The first-order valence-electron chi connectivity index (χ1n) is 5.26. The molecule has 1 rings (SSSR count). The molecule has 0 spiro atoms.